The van der Waals surface area contributed by atoms with Gasteiger partial charge >= 0.3 is 0 Å². The van der Waals surface area contributed by atoms with Crippen LogP contribution in [-0.2, 0) is 6.42 Å². The molecule has 0 heterocycles. The Kier molecular flexibility index (Phi) is 5.03. The van der Waals surface area contributed by atoms with E-state index in [1.54, 1.807) is 0 Å². The largest absolute Gasteiger partial charge is 0.493 e. The lowest BCUT2D eigenvalue weighted by atomic mass is 10.1. The Morgan fingerprint density at radius 2 is 1.76 bits per heavy atom. The summed E-state index contributed by atoms with van der Waals surface area (Å²) in [4.78, 5) is 0. The molecule has 0 amide bonds. The molecule has 17 heavy (non-hydrogen) atoms. The minimum Gasteiger partial charge on any atom is -0.493 e. The molecule has 0 saturated carbocycles. The summed E-state index contributed by atoms with van der Waals surface area (Å²) < 4.78 is 29.0. The predicted octanol–water partition coefficient (Wildman–Crippen LogP) is 1.78. The number of methoxy groups -OCH3 is 3. The van der Waals surface area contributed by atoms with E-state index in [-0.39, 0.29) is 12.4 Å². The lowest BCUT2D eigenvalue weighted by Crippen LogP contribution is -2.03. The van der Waals surface area contributed by atoms with E-state index in [2.05, 4.69) is 0 Å². The molecule has 5 heteroatoms. The number of hydrogen-bond acceptors (Lipinski definition) is 4. The van der Waals surface area contributed by atoms with Gasteiger partial charge in [-0.05, 0) is 12.8 Å². The number of ether oxygens (including phenoxy) is 3. The van der Waals surface area contributed by atoms with E-state index in [0.717, 1.165) is 0 Å². The lowest BCUT2D eigenvalue weighted by Gasteiger charge is -2.16. The number of halogens is 1. The number of benzene rings is 1. The highest BCUT2D eigenvalue weighted by Crippen LogP contribution is 2.40. The van der Waals surface area contributed by atoms with Gasteiger partial charge in [0.05, 0.1) is 21.3 Å². The summed E-state index contributed by atoms with van der Waals surface area (Å²) in [5, 5.41) is 8.84. The average molecular weight is 244 g/mol. The van der Waals surface area contributed by atoms with Crippen molar-refractivity contribution in [2.24, 2.45) is 0 Å². The van der Waals surface area contributed by atoms with Crippen molar-refractivity contribution in [3.05, 3.63) is 17.4 Å². The van der Waals surface area contributed by atoms with Gasteiger partial charge in [0.2, 0.25) is 0 Å². The standard InChI is InChI=1S/C12H17FO4/c1-15-10-7-9(13)11(16-2)8(5-4-6-14)12(10)17-3/h7,14H,4-6H2,1-3H3. The first kappa shape index (κ1) is 13.6. The number of hydrogen-bond donors (Lipinski definition) is 1. The van der Waals surface area contributed by atoms with Crippen molar-refractivity contribution >= 4 is 0 Å². The summed E-state index contributed by atoms with van der Waals surface area (Å²) in [5.41, 5.74) is 0.570. The van der Waals surface area contributed by atoms with Crippen molar-refractivity contribution in [3.63, 3.8) is 0 Å². The van der Waals surface area contributed by atoms with Crippen LogP contribution in [0.3, 0.4) is 0 Å². The van der Waals surface area contributed by atoms with Crippen LogP contribution >= 0.6 is 0 Å². The van der Waals surface area contributed by atoms with E-state index in [1.807, 2.05) is 0 Å². The number of aliphatic hydroxyl groups is 1. The number of aliphatic hydroxyl groups excluding tert-OH is 1. The monoisotopic (exact) mass is 244 g/mol. The van der Waals surface area contributed by atoms with Crippen LogP contribution in [0.2, 0.25) is 0 Å². The molecule has 0 bridgehead atoms. The van der Waals surface area contributed by atoms with Crippen LogP contribution in [0.25, 0.3) is 0 Å². The summed E-state index contributed by atoms with van der Waals surface area (Å²) in [5.74, 6) is 0.395. The zero-order chi connectivity index (χ0) is 12.8. The van der Waals surface area contributed by atoms with Gasteiger partial charge in [0, 0.05) is 18.2 Å². The smallest absolute Gasteiger partial charge is 0.169 e. The first-order chi connectivity index (χ1) is 8.19. The van der Waals surface area contributed by atoms with E-state index in [0.29, 0.717) is 29.9 Å². The summed E-state index contributed by atoms with van der Waals surface area (Å²) in [6, 6.07) is 1.22. The summed E-state index contributed by atoms with van der Waals surface area (Å²) >= 11 is 0. The molecule has 96 valence electrons. The molecule has 1 rings (SSSR count). The summed E-state index contributed by atoms with van der Waals surface area (Å²) in [6.45, 7) is 0.0190. The molecule has 0 saturated heterocycles. The molecule has 0 aromatic heterocycles. The highest BCUT2D eigenvalue weighted by molar-refractivity contribution is 5.54. The fourth-order valence-corrected chi connectivity index (χ4v) is 1.72. The third-order valence-corrected chi connectivity index (χ3v) is 2.46. The first-order valence-electron chi connectivity index (χ1n) is 5.27. The van der Waals surface area contributed by atoms with E-state index in [1.165, 1.54) is 27.4 Å². The van der Waals surface area contributed by atoms with Gasteiger partial charge in [0.15, 0.2) is 23.1 Å². The molecule has 0 aliphatic rings. The average Bonchev–Trinajstić information content (AvgIpc) is 2.35. The van der Waals surface area contributed by atoms with Crippen LogP contribution in [0.15, 0.2) is 6.07 Å². The maximum absolute atomic E-state index is 13.7. The van der Waals surface area contributed by atoms with E-state index in [4.69, 9.17) is 19.3 Å². The highest BCUT2D eigenvalue weighted by Gasteiger charge is 2.20. The molecule has 0 aliphatic carbocycles. The third-order valence-electron chi connectivity index (χ3n) is 2.46. The Morgan fingerprint density at radius 1 is 1.12 bits per heavy atom. The fraction of sp³-hybridized carbons (Fsp3) is 0.500. The summed E-state index contributed by atoms with van der Waals surface area (Å²) in [6.07, 6.45) is 0.955. The van der Waals surface area contributed by atoms with Crippen molar-refractivity contribution in [1.29, 1.82) is 0 Å². The van der Waals surface area contributed by atoms with Gasteiger partial charge in [-0.2, -0.15) is 0 Å². The zero-order valence-corrected chi connectivity index (χ0v) is 10.2. The van der Waals surface area contributed by atoms with Gasteiger partial charge in [-0.15, -0.1) is 0 Å². The van der Waals surface area contributed by atoms with Gasteiger partial charge in [0.1, 0.15) is 0 Å². The van der Waals surface area contributed by atoms with Crippen molar-refractivity contribution in [2.45, 2.75) is 12.8 Å². The molecular formula is C12H17FO4. The maximum atomic E-state index is 13.7. The Bertz CT molecular complexity index is 379. The first-order valence-corrected chi connectivity index (χ1v) is 5.27. The molecule has 1 N–H and O–H groups in total. The lowest BCUT2D eigenvalue weighted by molar-refractivity contribution is 0.284. The van der Waals surface area contributed by atoms with Crippen LogP contribution < -0.4 is 14.2 Å². The van der Waals surface area contributed by atoms with Crippen molar-refractivity contribution in [1.82, 2.24) is 0 Å². The van der Waals surface area contributed by atoms with Crippen LogP contribution in [0.4, 0.5) is 4.39 Å². The molecule has 0 spiro atoms. The molecule has 0 atom stereocenters. The SMILES string of the molecule is COc1cc(F)c(OC)c(CCCO)c1OC. The molecule has 0 aliphatic heterocycles. The maximum Gasteiger partial charge on any atom is 0.169 e. The van der Waals surface area contributed by atoms with Gasteiger partial charge in [-0.3, -0.25) is 0 Å². The van der Waals surface area contributed by atoms with E-state index < -0.39 is 5.82 Å². The van der Waals surface area contributed by atoms with E-state index >= 15 is 0 Å². The molecular weight excluding hydrogens is 227 g/mol. The van der Waals surface area contributed by atoms with Crippen LogP contribution in [0, 0.1) is 5.82 Å². The second-order valence-electron chi connectivity index (χ2n) is 3.43. The molecule has 4 nitrogen and oxygen atoms in total. The van der Waals surface area contributed by atoms with Crippen molar-refractivity contribution in [3.8, 4) is 17.2 Å². The topological polar surface area (TPSA) is 47.9 Å². The minimum absolute atomic E-state index is 0.0190. The molecule has 0 unspecified atom stereocenters. The van der Waals surface area contributed by atoms with Crippen LogP contribution in [0.1, 0.15) is 12.0 Å². The molecule has 0 radical (unpaired) electrons. The molecule has 1 aromatic rings. The van der Waals surface area contributed by atoms with Gasteiger partial charge in [-0.25, -0.2) is 4.39 Å². The van der Waals surface area contributed by atoms with E-state index in [9.17, 15) is 4.39 Å². The fourth-order valence-electron chi connectivity index (χ4n) is 1.72. The van der Waals surface area contributed by atoms with Gasteiger partial charge in [-0.1, -0.05) is 0 Å². The van der Waals surface area contributed by atoms with Crippen LogP contribution in [0.5, 0.6) is 17.2 Å². The highest BCUT2D eigenvalue weighted by atomic mass is 19.1. The van der Waals surface area contributed by atoms with Gasteiger partial charge in [0.25, 0.3) is 0 Å². The zero-order valence-electron chi connectivity index (χ0n) is 10.2. The number of rotatable bonds is 6. The Hall–Kier alpha value is -1.49. The summed E-state index contributed by atoms with van der Waals surface area (Å²) in [7, 11) is 4.32. The second kappa shape index (κ2) is 6.30. The normalized spacial score (nSPS) is 10.2. The Morgan fingerprint density at radius 3 is 2.24 bits per heavy atom. The minimum atomic E-state index is -0.502. The predicted molar refractivity (Wildman–Crippen MR) is 61.5 cm³/mol. The van der Waals surface area contributed by atoms with Crippen molar-refractivity contribution < 1.29 is 23.7 Å². The molecule has 1 aromatic carbocycles. The molecule has 0 fully saturated rings. The van der Waals surface area contributed by atoms with Crippen LogP contribution in [-0.4, -0.2) is 33.0 Å². The second-order valence-corrected chi connectivity index (χ2v) is 3.43. The Balaban J connectivity index is 3.30. The third kappa shape index (κ3) is 2.79. The Labute approximate surface area is 99.9 Å². The van der Waals surface area contributed by atoms with Gasteiger partial charge < -0.3 is 19.3 Å². The van der Waals surface area contributed by atoms with Crippen molar-refractivity contribution in [2.75, 3.05) is 27.9 Å². The quantitative estimate of drug-likeness (QED) is 0.828.